The van der Waals surface area contributed by atoms with Crippen molar-refractivity contribution in [2.24, 2.45) is 50.7 Å². The Labute approximate surface area is 218 Å². The second-order valence-corrected chi connectivity index (χ2v) is 15.6. The van der Waals surface area contributed by atoms with Crippen molar-refractivity contribution in [3.05, 3.63) is 0 Å². The highest BCUT2D eigenvalue weighted by Gasteiger charge is 2.84. The molecule has 6 fully saturated rings. The lowest BCUT2D eigenvalue weighted by Gasteiger charge is -2.62. The zero-order valence-corrected chi connectivity index (χ0v) is 23.9. The summed E-state index contributed by atoms with van der Waals surface area (Å²) < 4.78 is 12.2. The molecule has 1 aliphatic heterocycles. The van der Waals surface area contributed by atoms with E-state index in [9.17, 15) is 15.0 Å². The fourth-order valence-electron chi connectivity index (χ4n) is 11.8. The summed E-state index contributed by atoms with van der Waals surface area (Å²) in [5.41, 5.74) is -0.662. The average molecular weight is 503 g/mol. The van der Waals surface area contributed by atoms with Gasteiger partial charge in [-0.1, -0.05) is 34.6 Å². The Hall–Kier alpha value is -0.490. The Balaban J connectivity index is 1.35. The van der Waals surface area contributed by atoms with Gasteiger partial charge < -0.3 is 19.7 Å². The zero-order chi connectivity index (χ0) is 26.3. The standard InChI is InChI=1S/C31H50O5/c1-17-15-18(24(33)27(4,5)35-8)36-23-22(17)28(6)13-14-31-16-30(31)12-11-21(32)26(2,3)19(30)9-10-20(31)29(28,7)25(23)34/h17-24,32-33H,9-16H2,1-8H3/t17-,18-,19+,20+,21+,22+,23-,24+,28-,29-,30-,31+/m1/s1. The van der Waals surface area contributed by atoms with Crippen molar-refractivity contribution in [3.63, 3.8) is 0 Å². The number of carbonyl (C=O) groups excluding carboxylic acids is 1. The van der Waals surface area contributed by atoms with Gasteiger partial charge in [-0.25, -0.2) is 0 Å². The van der Waals surface area contributed by atoms with Gasteiger partial charge in [-0.2, -0.15) is 0 Å². The first kappa shape index (κ1) is 25.8. The Kier molecular flexibility index (Phi) is 5.28. The summed E-state index contributed by atoms with van der Waals surface area (Å²) in [5, 5.41) is 22.1. The molecule has 12 atom stereocenters. The summed E-state index contributed by atoms with van der Waals surface area (Å²) >= 11 is 0. The number of ketones is 1. The quantitative estimate of drug-likeness (QED) is 0.558. The molecular formula is C31H50O5. The molecule has 2 N–H and O–H groups in total. The summed E-state index contributed by atoms with van der Waals surface area (Å²) in [6.45, 7) is 15.4. The van der Waals surface area contributed by atoms with Gasteiger partial charge in [0.2, 0.25) is 0 Å². The van der Waals surface area contributed by atoms with E-state index in [0.717, 1.165) is 38.5 Å². The molecule has 5 aliphatic carbocycles. The SMILES string of the molecule is COC(C)(C)[C@@H](O)[C@H]1C[C@@H](C)[C@H]2[C@@H](O1)C(=O)[C@@]1(C)[C@@H]3CC[C@H]4C(C)(C)[C@@H](O)CC[C@@]45C[C@@]35CC[C@]21C. The predicted molar refractivity (Wildman–Crippen MR) is 138 cm³/mol. The minimum absolute atomic E-state index is 0.0445. The van der Waals surface area contributed by atoms with Crippen LogP contribution in [0.3, 0.4) is 0 Å². The highest BCUT2D eigenvalue weighted by molar-refractivity contribution is 5.93. The van der Waals surface area contributed by atoms with E-state index in [2.05, 4.69) is 34.6 Å². The molecule has 5 saturated carbocycles. The molecule has 0 radical (unpaired) electrons. The molecular weight excluding hydrogens is 452 g/mol. The Morgan fingerprint density at radius 3 is 2.33 bits per heavy atom. The molecule has 204 valence electrons. The lowest BCUT2D eigenvalue weighted by Crippen LogP contribution is -2.59. The van der Waals surface area contributed by atoms with Gasteiger partial charge in [-0.05, 0) is 105 Å². The number of hydrogen-bond donors (Lipinski definition) is 2. The van der Waals surface area contributed by atoms with E-state index in [-0.39, 0.29) is 39.8 Å². The second-order valence-electron chi connectivity index (χ2n) is 15.6. The first-order valence-electron chi connectivity index (χ1n) is 14.8. The Morgan fingerprint density at radius 1 is 1.03 bits per heavy atom. The highest BCUT2D eigenvalue weighted by atomic mass is 16.5. The van der Waals surface area contributed by atoms with Crippen molar-refractivity contribution in [1.82, 2.24) is 0 Å². The summed E-state index contributed by atoms with van der Waals surface area (Å²) in [6, 6.07) is 0. The number of hydrogen-bond acceptors (Lipinski definition) is 5. The predicted octanol–water partition coefficient (Wildman–Crippen LogP) is 5.15. The van der Waals surface area contributed by atoms with Crippen molar-refractivity contribution >= 4 is 5.78 Å². The van der Waals surface area contributed by atoms with E-state index < -0.39 is 17.8 Å². The Morgan fingerprint density at radius 2 is 1.67 bits per heavy atom. The van der Waals surface area contributed by atoms with E-state index in [1.54, 1.807) is 7.11 Å². The zero-order valence-electron chi connectivity index (χ0n) is 23.9. The third-order valence-corrected chi connectivity index (χ3v) is 14.1. The molecule has 1 heterocycles. The number of carbonyl (C=O) groups is 1. The van der Waals surface area contributed by atoms with E-state index in [1.807, 2.05) is 13.8 Å². The van der Waals surface area contributed by atoms with Crippen LogP contribution in [0.2, 0.25) is 0 Å². The molecule has 0 unspecified atom stereocenters. The number of ether oxygens (including phenoxy) is 2. The van der Waals surface area contributed by atoms with Crippen LogP contribution in [0.15, 0.2) is 0 Å². The van der Waals surface area contributed by atoms with Crippen LogP contribution >= 0.6 is 0 Å². The fraction of sp³-hybridized carbons (Fsp3) is 0.968. The molecule has 0 bridgehead atoms. The van der Waals surface area contributed by atoms with Gasteiger partial charge in [0.15, 0.2) is 5.78 Å². The molecule has 6 rings (SSSR count). The highest BCUT2D eigenvalue weighted by Crippen LogP contribution is 2.88. The number of aliphatic hydroxyl groups excluding tert-OH is 2. The maximum absolute atomic E-state index is 14.6. The van der Waals surface area contributed by atoms with Crippen LogP contribution in [-0.4, -0.2) is 53.1 Å². The maximum Gasteiger partial charge on any atom is 0.168 e. The normalized spacial score (nSPS) is 56.1. The molecule has 0 aromatic rings. The Bertz CT molecular complexity index is 959. The minimum Gasteiger partial charge on any atom is -0.393 e. The lowest BCUT2D eigenvalue weighted by atomic mass is 9.41. The van der Waals surface area contributed by atoms with Crippen LogP contribution in [0.4, 0.5) is 0 Å². The average Bonchev–Trinajstić information content (AvgIpc) is 3.46. The van der Waals surface area contributed by atoms with Gasteiger partial charge in [0.1, 0.15) is 12.2 Å². The molecule has 2 spiro atoms. The van der Waals surface area contributed by atoms with Crippen LogP contribution in [0.1, 0.15) is 99.8 Å². The third kappa shape index (κ3) is 2.70. The summed E-state index contributed by atoms with van der Waals surface area (Å²) in [5.74, 6) is 1.79. The molecule has 5 nitrogen and oxygen atoms in total. The van der Waals surface area contributed by atoms with Gasteiger partial charge in [0.25, 0.3) is 0 Å². The molecule has 6 aliphatic rings. The van der Waals surface area contributed by atoms with Crippen LogP contribution in [0.5, 0.6) is 0 Å². The van der Waals surface area contributed by atoms with Gasteiger partial charge >= 0.3 is 0 Å². The second kappa shape index (κ2) is 7.37. The van der Waals surface area contributed by atoms with E-state index in [1.165, 1.54) is 12.8 Å². The minimum atomic E-state index is -0.772. The van der Waals surface area contributed by atoms with Crippen molar-refractivity contribution in [2.75, 3.05) is 7.11 Å². The topological polar surface area (TPSA) is 76.0 Å². The van der Waals surface area contributed by atoms with Gasteiger partial charge in [-0.15, -0.1) is 0 Å². The lowest BCUT2D eigenvalue weighted by molar-refractivity contribution is -0.198. The molecule has 0 aromatic carbocycles. The van der Waals surface area contributed by atoms with Crippen molar-refractivity contribution in [1.29, 1.82) is 0 Å². The molecule has 0 amide bonds. The number of methoxy groups -OCH3 is 1. The molecule has 0 aromatic heterocycles. The first-order valence-corrected chi connectivity index (χ1v) is 14.8. The van der Waals surface area contributed by atoms with Gasteiger partial charge in [0, 0.05) is 18.4 Å². The fourth-order valence-corrected chi connectivity index (χ4v) is 11.8. The summed E-state index contributed by atoms with van der Waals surface area (Å²) in [4.78, 5) is 14.6. The monoisotopic (exact) mass is 502 g/mol. The molecule has 36 heavy (non-hydrogen) atoms. The van der Waals surface area contributed by atoms with Crippen LogP contribution in [-0.2, 0) is 14.3 Å². The van der Waals surface area contributed by atoms with Crippen molar-refractivity contribution in [3.8, 4) is 0 Å². The largest absolute Gasteiger partial charge is 0.393 e. The maximum atomic E-state index is 14.6. The van der Waals surface area contributed by atoms with E-state index >= 15 is 0 Å². The number of rotatable bonds is 3. The van der Waals surface area contributed by atoms with Gasteiger partial charge in [-0.3, -0.25) is 4.79 Å². The van der Waals surface area contributed by atoms with E-state index in [0.29, 0.717) is 29.0 Å². The van der Waals surface area contributed by atoms with Gasteiger partial charge in [0.05, 0.1) is 17.8 Å². The van der Waals surface area contributed by atoms with Crippen molar-refractivity contribution in [2.45, 2.75) is 130 Å². The van der Waals surface area contributed by atoms with Crippen molar-refractivity contribution < 1.29 is 24.5 Å². The number of fused-ring (bicyclic) bond motifs is 4. The van der Waals surface area contributed by atoms with E-state index in [4.69, 9.17) is 9.47 Å². The van der Waals surface area contributed by atoms with Crippen LogP contribution < -0.4 is 0 Å². The number of Topliss-reactive ketones (excluding diaryl/α,β-unsaturated/α-hetero) is 1. The molecule has 5 heteroatoms. The third-order valence-electron chi connectivity index (χ3n) is 14.1. The van der Waals surface area contributed by atoms with Crippen LogP contribution in [0.25, 0.3) is 0 Å². The summed E-state index contributed by atoms with van der Waals surface area (Å²) in [6.07, 6.45) is 6.78. The van der Waals surface area contributed by atoms with Crippen LogP contribution in [0, 0.1) is 50.7 Å². The smallest absolute Gasteiger partial charge is 0.168 e. The summed E-state index contributed by atoms with van der Waals surface area (Å²) in [7, 11) is 1.63. The molecule has 1 saturated heterocycles. The first-order chi connectivity index (χ1) is 16.6. The number of aliphatic hydroxyl groups is 2.